The maximum absolute atomic E-state index is 12.2. The Kier molecular flexibility index (Phi) is 4.48. The lowest BCUT2D eigenvalue weighted by atomic mass is 10.3. The fourth-order valence-corrected chi connectivity index (χ4v) is 3.65. The topological polar surface area (TPSA) is 120 Å². The molecule has 134 valence electrons. The summed E-state index contributed by atoms with van der Waals surface area (Å²) in [4.78, 5) is 16.3. The molecule has 2 heterocycles. The van der Waals surface area contributed by atoms with Gasteiger partial charge in [0.1, 0.15) is 0 Å². The van der Waals surface area contributed by atoms with Gasteiger partial charge in [-0.3, -0.25) is 4.57 Å². The third-order valence-corrected chi connectivity index (χ3v) is 5.11. The van der Waals surface area contributed by atoms with E-state index in [1.54, 1.807) is 13.8 Å². The van der Waals surface area contributed by atoms with Crippen molar-refractivity contribution in [2.75, 3.05) is 0 Å². The summed E-state index contributed by atoms with van der Waals surface area (Å²) in [6.45, 7) is 5.40. The highest BCUT2D eigenvalue weighted by molar-refractivity contribution is 7.89. The number of fused-ring (bicyclic) bond motifs is 1. The molecular formula is C15H18N4O5S. The lowest BCUT2D eigenvalue weighted by molar-refractivity contribution is 0.375. The SMILES string of the molecule is CCc1nc(Cn2c(=O)oc3cc(S(=O)(=O)NC(C)C)ccc32)no1. The van der Waals surface area contributed by atoms with E-state index in [0.29, 0.717) is 23.7 Å². The number of rotatable bonds is 6. The van der Waals surface area contributed by atoms with E-state index in [2.05, 4.69) is 14.9 Å². The maximum atomic E-state index is 12.2. The van der Waals surface area contributed by atoms with Crippen LogP contribution in [0.5, 0.6) is 0 Å². The van der Waals surface area contributed by atoms with E-state index in [1.807, 2.05) is 6.92 Å². The van der Waals surface area contributed by atoms with Crippen LogP contribution in [-0.2, 0) is 23.0 Å². The molecule has 0 saturated carbocycles. The molecule has 0 aliphatic carbocycles. The number of oxazole rings is 1. The summed E-state index contributed by atoms with van der Waals surface area (Å²) < 4.78 is 38.5. The molecule has 10 heteroatoms. The minimum absolute atomic E-state index is 0.0300. The third kappa shape index (κ3) is 3.49. The van der Waals surface area contributed by atoms with Gasteiger partial charge >= 0.3 is 5.76 Å². The summed E-state index contributed by atoms with van der Waals surface area (Å²) in [7, 11) is -3.67. The van der Waals surface area contributed by atoms with Gasteiger partial charge in [0.15, 0.2) is 11.4 Å². The molecule has 0 unspecified atom stereocenters. The van der Waals surface area contributed by atoms with Gasteiger partial charge in [-0.2, -0.15) is 4.98 Å². The Morgan fingerprint density at radius 3 is 2.72 bits per heavy atom. The summed E-state index contributed by atoms with van der Waals surface area (Å²) in [5.41, 5.74) is 0.632. The zero-order chi connectivity index (χ0) is 18.2. The zero-order valence-corrected chi connectivity index (χ0v) is 14.8. The molecule has 0 amide bonds. The van der Waals surface area contributed by atoms with Gasteiger partial charge in [0.2, 0.25) is 15.9 Å². The second-order valence-corrected chi connectivity index (χ2v) is 7.53. The summed E-state index contributed by atoms with van der Waals surface area (Å²) in [6, 6.07) is 4.02. The fourth-order valence-electron chi connectivity index (χ4n) is 2.38. The van der Waals surface area contributed by atoms with Gasteiger partial charge in [-0.05, 0) is 26.0 Å². The molecule has 0 atom stereocenters. The molecular weight excluding hydrogens is 348 g/mol. The van der Waals surface area contributed by atoms with Gasteiger partial charge in [0, 0.05) is 18.5 Å². The van der Waals surface area contributed by atoms with Crippen molar-refractivity contribution in [1.82, 2.24) is 19.4 Å². The first-order valence-corrected chi connectivity index (χ1v) is 9.25. The van der Waals surface area contributed by atoms with Gasteiger partial charge in [-0.15, -0.1) is 0 Å². The van der Waals surface area contributed by atoms with Gasteiger partial charge in [-0.1, -0.05) is 12.1 Å². The zero-order valence-electron chi connectivity index (χ0n) is 14.0. The average Bonchev–Trinajstić information content (AvgIpc) is 3.11. The first-order chi connectivity index (χ1) is 11.8. The third-order valence-electron chi connectivity index (χ3n) is 3.45. The molecule has 25 heavy (non-hydrogen) atoms. The van der Waals surface area contributed by atoms with E-state index < -0.39 is 15.8 Å². The van der Waals surface area contributed by atoms with Crippen LogP contribution >= 0.6 is 0 Å². The van der Waals surface area contributed by atoms with Crippen LogP contribution in [0.4, 0.5) is 0 Å². The largest absolute Gasteiger partial charge is 0.420 e. The van der Waals surface area contributed by atoms with Crippen molar-refractivity contribution < 1.29 is 17.4 Å². The van der Waals surface area contributed by atoms with Crippen molar-refractivity contribution in [1.29, 1.82) is 0 Å². The number of aromatic nitrogens is 3. The molecule has 0 aliphatic heterocycles. The van der Waals surface area contributed by atoms with Crippen molar-refractivity contribution in [3.05, 3.63) is 40.5 Å². The lowest BCUT2D eigenvalue weighted by Crippen LogP contribution is -2.30. The van der Waals surface area contributed by atoms with E-state index in [0.717, 1.165) is 0 Å². The van der Waals surface area contributed by atoms with Gasteiger partial charge in [0.25, 0.3) is 0 Å². The molecule has 0 saturated heterocycles. The van der Waals surface area contributed by atoms with Gasteiger partial charge in [0.05, 0.1) is 17.0 Å². The molecule has 3 rings (SSSR count). The monoisotopic (exact) mass is 366 g/mol. The fraction of sp³-hybridized carbons (Fsp3) is 0.400. The second kappa shape index (κ2) is 6.45. The summed E-state index contributed by atoms with van der Waals surface area (Å²) >= 11 is 0. The Hall–Kier alpha value is -2.46. The normalized spacial score (nSPS) is 12.3. The number of nitrogens with one attached hydrogen (secondary N) is 1. The van der Waals surface area contributed by atoms with Crippen LogP contribution in [0, 0.1) is 0 Å². The highest BCUT2D eigenvalue weighted by Crippen LogP contribution is 2.19. The molecule has 0 spiro atoms. The molecule has 0 bridgehead atoms. The Balaban J connectivity index is 1.99. The van der Waals surface area contributed by atoms with Crippen LogP contribution in [0.15, 0.2) is 36.8 Å². The molecule has 2 aromatic heterocycles. The van der Waals surface area contributed by atoms with Crippen LogP contribution in [0.3, 0.4) is 0 Å². The van der Waals surface area contributed by atoms with E-state index in [4.69, 9.17) is 8.94 Å². The first kappa shape index (κ1) is 17.4. The van der Waals surface area contributed by atoms with Crippen molar-refractivity contribution in [2.45, 2.75) is 44.7 Å². The number of sulfonamides is 1. The van der Waals surface area contributed by atoms with Crippen LogP contribution in [0.25, 0.3) is 11.1 Å². The standard InChI is InChI=1S/C15H18N4O5S/c1-4-14-16-13(17-24-14)8-19-11-6-5-10(7-12(11)23-15(19)20)25(21,22)18-9(2)3/h5-7,9,18H,4,8H2,1-3H3. The predicted octanol–water partition coefficient (Wildman–Crippen LogP) is 1.27. The van der Waals surface area contributed by atoms with Crippen molar-refractivity contribution >= 4 is 21.1 Å². The maximum Gasteiger partial charge on any atom is 0.420 e. The summed E-state index contributed by atoms with van der Waals surface area (Å²) in [5.74, 6) is 0.202. The molecule has 0 fully saturated rings. The number of aryl methyl sites for hydroxylation is 1. The Labute approximate surface area is 143 Å². The quantitative estimate of drug-likeness (QED) is 0.697. The van der Waals surface area contributed by atoms with E-state index in [-0.39, 0.29) is 23.1 Å². The number of nitrogens with zero attached hydrogens (tertiary/aromatic N) is 3. The predicted molar refractivity (Wildman–Crippen MR) is 88.7 cm³/mol. The molecule has 1 aromatic carbocycles. The molecule has 0 radical (unpaired) electrons. The minimum atomic E-state index is -3.67. The van der Waals surface area contributed by atoms with Crippen LogP contribution in [0.1, 0.15) is 32.5 Å². The lowest BCUT2D eigenvalue weighted by Gasteiger charge is -2.09. The van der Waals surface area contributed by atoms with Crippen molar-refractivity contribution in [3.8, 4) is 0 Å². The second-order valence-electron chi connectivity index (χ2n) is 5.82. The van der Waals surface area contributed by atoms with Crippen LogP contribution in [-0.4, -0.2) is 29.2 Å². The first-order valence-electron chi connectivity index (χ1n) is 7.77. The minimum Gasteiger partial charge on any atom is -0.408 e. The van der Waals surface area contributed by atoms with E-state index >= 15 is 0 Å². The van der Waals surface area contributed by atoms with Crippen LogP contribution < -0.4 is 10.5 Å². The Bertz CT molecular complexity index is 1060. The smallest absolute Gasteiger partial charge is 0.408 e. The van der Waals surface area contributed by atoms with E-state index in [9.17, 15) is 13.2 Å². The number of hydrogen-bond acceptors (Lipinski definition) is 7. The van der Waals surface area contributed by atoms with Gasteiger partial charge in [-0.25, -0.2) is 17.9 Å². The summed E-state index contributed by atoms with van der Waals surface area (Å²) in [6.07, 6.45) is 0.595. The Morgan fingerprint density at radius 1 is 1.32 bits per heavy atom. The summed E-state index contributed by atoms with van der Waals surface area (Å²) in [5, 5.41) is 3.81. The number of hydrogen-bond donors (Lipinski definition) is 1. The molecule has 1 N–H and O–H groups in total. The van der Waals surface area contributed by atoms with Gasteiger partial charge < -0.3 is 8.94 Å². The highest BCUT2D eigenvalue weighted by Gasteiger charge is 2.19. The average molecular weight is 366 g/mol. The van der Waals surface area contributed by atoms with Crippen molar-refractivity contribution in [3.63, 3.8) is 0 Å². The number of benzene rings is 1. The molecule has 3 aromatic rings. The highest BCUT2D eigenvalue weighted by atomic mass is 32.2. The Morgan fingerprint density at radius 2 is 2.08 bits per heavy atom. The van der Waals surface area contributed by atoms with E-state index in [1.165, 1.54) is 22.8 Å². The van der Waals surface area contributed by atoms with Crippen LogP contribution in [0.2, 0.25) is 0 Å². The van der Waals surface area contributed by atoms with Crippen molar-refractivity contribution in [2.24, 2.45) is 0 Å². The molecule has 9 nitrogen and oxygen atoms in total. The molecule has 0 aliphatic rings.